The van der Waals surface area contributed by atoms with E-state index in [1.807, 2.05) is 19.1 Å². The van der Waals surface area contributed by atoms with Gasteiger partial charge in [-0.25, -0.2) is 0 Å². The van der Waals surface area contributed by atoms with Gasteiger partial charge in [-0.2, -0.15) is 0 Å². The van der Waals surface area contributed by atoms with Crippen LogP contribution < -0.4 is 11.1 Å². The van der Waals surface area contributed by atoms with Gasteiger partial charge in [0.2, 0.25) is 0 Å². The Morgan fingerprint density at radius 2 is 2.10 bits per heavy atom. The van der Waals surface area contributed by atoms with Gasteiger partial charge >= 0.3 is 0 Å². The van der Waals surface area contributed by atoms with Gasteiger partial charge in [-0.05, 0) is 37.8 Å². The Kier molecular flexibility index (Phi) is 4.88. The molecular weight excluding hydrogens is 280 g/mol. The van der Waals surface area contributed by atoms with Gasteiger partial charge in [-0.3, -0.25) is 4.79 Å². The van der Waals surface area contributed by atoms with E-state index in [2.05, 4.69) is 32.2 Å². The number of nitrogens with one attached hydrogen (secondary N) is 1. The number of nitrogens with two attached hydrogens (primary N) is 1. The first-order valence-corrected chi connectivity index (χ1v) is 8.33. The van der Waals surface area contributed by atoms with Crippen LogP contribution >= 0.6 is 11.3 Å². The average Bonchev–Trinajstić information content (AvgIpc) is 2.75. The third kappa shape index (κ3) is 3.56. The number of nitrogen functional groups attached to an aromatic ring is 1. The van der Waals surface area contributed by atoms with Gasteiger partial charge in [0.1, 0.15) is 4.88 Å². The quantitative estimate of drug-likeness (QED) is 0.863. The summed E-state index contributed by atoms with van der Waals surface area (Å²) in [5, 5.41) is 4.05. The normalized spacial score (nSPS) is 14.1. The van der Waals surface area contributed by atoms with Crippen molar-refractivity contribution in [3.63, 3.8) is 0 Å². The first-order valence-electron chi connectivity index (χ1n) is 7.51. The molecule has 4 heteroatoms. The SMILES string of the molecule is CCC(C)CC(C)NC(=O)c1sc2cc(C)ccc2c1N. The van der Waals surface area contributed by atoms with Gasteiger partial charge < -0.3 is 11.1 Å². The van der Waals surface area contributed by atoms with Gasteiger partial charge in [-0.15, -0.1) is 11.3 Å². The summed E-state index contributed by atoms with van der Waals surface area (Å²) < 4.78 is 1.08. The summed E-state index contributed by atoms with van der Waals surface area (Å²) in [6.07, 6.45) is 2.12. The molecule has 0 saturated carbocycles. The van der Waals surface area contributed by atoms with E-state index in [1.165, 1.54) is 16.9 Å². The molecule has 0 spiro atoms. The number of amides is 1. The van der Waals surface area contributed by atoms with Crippen LogP contribution in [0.2, 0.25) is 0 Å². The molecule has 0 fully saturated rings. The average molecular weight is 304 g/mol. The van der Waals surface area contributed by atoms with Crippen LogP contribution in [-0.2, 0) is 0 Å². The van der Waals surface area contributed by atoms with Crippen LogP contribution in [0.5, 0.6) is 0 Å². The van der Waals surface area contributed by atoms with E-state index in [9.17, 15) is 4.79 Å². The number of hydrogen-bond donors (Lipinski definition) is 2. The van der Waals surface area contributed by atoms with E-state index in [4.69, 9.17) is 5.73 Å². The molecule has 0 radical (unpaired) electrons. The molecule has 1 aromatic heterocycles. The maximum absolute atomic E-state index is 12.4. The molecule has 1 amide bonds. The lowest BCUT2D eigenvalue weighted by Crippen LogP contribution is -2.33. The fraction of sp³-hybridized carbons (Fsp3) is 0.471. The topological polar surface area (TPSA) is 55.1 Å². The summed E-state index contributed by atoms with van der Waals surface area (Å²) in [5.41, 5.74) is 7.92. The van der Waals surface area contributed by atoms with Crippen LogP contribution in [0.1, 0.15) is 48.8 Å². The molecule has 0 bridgehead atoms. The van der Waals surface area contributed by atoms with Crippen molar-refractivity contribution >= 4 is 33.0 Å². The number of benzene rings is 1. The third-order valence-electron chi connectivity index (χ3n) is 3.92. The molecular formula is C17H24N2OS. The number of carbonyl (C=O) groups is 1. The summed E-state index contributed by atoms with van der Waals surface area (Å²) in [6, 6.07) is 6.27. The van der Waals surface area contributed by atoms with Crippen molar-refractivity contribution in [1.29, 1.82) is 0 Å². The second-order valence-corrected chi connectivity index (χ2v) is 7.02. The highest BCUT2D eigenvalue weighted by molar-refractivity contribution is 7.21. The Bertz CT molecular complexity index is 648. The van der Waals surface area contributed by atoms with Crippen molar-refractivity contribution in [3.05, 3.63) is 28.6 Å². The molecule has 2 atom stereocenters. The van der Waals surface area contributed by atoms with Crippen molar-refractivity contribution in [1.82, 2.24) is 5.32 Å². The van der Waals surface area contributed by atoms with Crippen LogP contribution in [-0.4, -0.2) is 11.9 Å². The Morgan fingerprint density at radius 3 is 2.76 bits per heavy atom. The summed E-state index contributed by atoms with van der Waals surface area (Å²) in [5.74, 6) is 0.560. The van der Waals surface area contributed by atoms with Crippen LogP contribution in [0, 0.1) is 12.8 Å². The van der Waals surface area contributed by atoms with Crippen LogP contribution in [0.4, 0.5) is 5.69 Å². The first kappa shape index (κ1) is 15.8. The Morgan fingerprint density at radius 1 is 1.38 bits per heavy atom. The summed E-state index contributed by atoms with van der Waals surface area (Å²) in [7, 11) is 0. The number of aryl methyl sites for hydroxylation is 1. The molecule has 1 aromatic carbocycles. The molecule has 114 valence electrons. The molecule has 1 heterocycles. The summed E-state index contributed by atoms with van der Waals surface area (Å²) in [6.45, 7) is 8.48. The molecule has 21 heavy (non-hydrogen) atoms. The van der Waals surface area contributed by atoms with Gasteiger partial charge in [0.05, 0.1) is 5.69 Å². The highest BCUT2D eigenvalue weighted by Gasteiger charge is 2.18. The van der Waals surface area contributed by atoms with Gasteiger partial charge in [0, 0.05) is 16.1 Å². The number of hydrogen-bond acceptors (Lipinski definition) is 3. The van der Waals surface area contributed by atoms with E-state index in [-0.39, 0.29) is 11.9 Å². The minimum atomic E-state index is -0.0536. The predicted octanol–water partition coefficient (Wildman–Crippen LogP) is 4.35. The fourth-order valence-corrected chi connectivity index (χ4v) is 3.64. The molecule has 2 aromatic rings. The lowest BCUT2D eigenvalue weighted by Gasteiger charge is -2.17. The highest BCUT2D eigenvalue weighted by Crippen LogP contribution is 2.34. The van der Waals surface area contributed by atoms with Crippen LogP contribution in [0.25, 0.3) is 10.1 Å². The highest BCUT2D eigenvalue weighted by atomic mass is 32.1. The maximum atomic E-state index is 12.4. The Balaban J connectivity index is 2.18. The van der Waals surface area contributed by atoms with Crippen LogP contribution in [0.3, 0.4) is 0 Å². The molecule has 2 rings (SSSR count). The van der Waals surface area contributed by atoms with Gasteiger partial charge in [0.25, 0.3) is 5.91 Å². The lowest BCUT2D eigenvalue weighted by atomic mass is 10.0. The van der Waals surface area contributed by atoms with Crippen molar-refractivity contribution in [2.24, 2.45) is 5.92 Å². The van der Waals surface area contributed by atoms with E-state index in [0.717, 1.165) is 22.9 Å². The first-order chi connectivity index (χ1) is 9.92. The molecule has 2 unspecified atom stereocenters. The minimum Gasteiger partial charge on any atom is -0.397 e. The minimum absolute atomic E-state index is 0.0536. The zero-order chi connectivity index (χ0) is 15.6. The van der Waals surface area contributed by atoms with Gasteiger partial charge in [-0.1, -0.05) is 32.4 Å². The number of carbonyl (C=O) groups excluding carboxylic acids is 1. The molecule has 3 nitrogen and oxygen atoms in total. The molecule has 0 aliphatic heterocycles. The maximum Gasteiger partial charge on any atom is 0.263 e. The molecule has 3 N–H and O–H groups in total. The Labute approximate surface area is 130 Å². The number of rotatable bonds is 5. The number of thiophene rings is 1. The van der Waals surface area contributed by atoms with Gasteiger partial charge in [0.15, 0.2) is 0 Å². The summed E-state index contributed by atoms with van der Waals surface area (Å²) >= 11 is 1.48. The molecule has 0 saturated heterocycles. The second kappa shape index (κ2) is 6.48. The molecule has 0 aliphatic rings. The van der Waals surface area contributed by atoms with E-state index in [1.54, 1.807) is 0 Å². The smallest absolute Gasteiger partial charge is 0.263 e. The zero-order valence-corrected chi connectivity index (χ0v) is 14.0. The fourth-order valence-electron chi connectivity index (χ4n) is 2.51. The molecule has 0 aliphatic carbocycles. The lowest BCUT2D eigenvalue weighted by molar-refractivity contribution is 0.0940. The Hall–Kier alpha value is -1.55. The second-order valence-electron chi connectivity index (χ2n) is 5.97. The van der Waals surface area contributed by atoms with E-state index in [0.29, 0.717) is 16.5 Å². The van der Waals surface area contributed by atoms with Crippen molar-refractivity contribution in [2.75, 3.05) is 5.73 Å². The number of anilines is 1. The van der Waals surface area contributed by atoms with E-state index < -0.39 is 0 Å². The predicted molar refractivity (Wildman–Crippen MR) is 92.0 cm³/mol. The zero-order valence-electron chi connectivity index (χ0n) is 13.2. The summed E-state index contributed by atoms with van der Waals surface area (Å²) in [4.78, 5) is 13.1. The monoisotopic (exact) mass is 304 g/mol. The van der Waals surface area contributed by atoms with Crippen molar-refractivity contribution < 1.29 is 4.79 Å². The van der Waals surface area contributed by atoms with Crippen LogP contribution in [0.15, 0.2) is 18.2 Å². The third-order valence-corrected chi connectivity index (χ3v) is 5.09. The standard InChI is InChI=1S/C17H24N2OS/c1-5-10(2)8-12(4)19-17(20)16-15(18)13-7-6-11(3)9-14(13)21-16/h6-7,9-10,12H,5,8,18H2,1-4H3,(H,19,20). The largest absolute Gasteiger partial charge is 0.397 e. The number of fused-ring (bicyclic) bond motifs is 1. The van der Waals surface area contributed by atoms with Crippen molar-refractivity contribution in [3.8, 4) is 0 Å². The van der Waals surface area contributed by atoms with Crippen molar-refractivity contribution in [2.45, 2.75) is 46.6 Å². The van der Waals surface area contributed by atoms with E-state index >= 15 is 0 Å².